The molecule has 0 heterocycles. The van der Waals surface area contributed by atoms with Crippen LogP contribution in [0.4, 0.5) is 11.4 Å². The van der Waals surface area contributed by atoms with Gasteiger partial charge in [0.1, 0.15) is 18.3 Å². The molecule has 12 heteroatoms. The van der Waals surface area contributed by atoms with Gasteiger partial charge < -0.3 is 15.0 Å². The molecule has 2 amide bonds. The number of rotatable bonds is 14. The van der Waals surface area contributed by atoms with Crippen LogP contribution in [0.25, 0.3) is 0 Å². The highest BCUT2D eigenvalue weighted by Crippen LogP contribution is 2.28. The molecule has 1 N–H and O–H groups in total. The molecule has 0 aliphatic carbocycles. The first-order valence-electron chi connectivity index (χ1n) is 13.6. The molecule has 0 aliphatic heterocycles. The number of amides is 2. The largest absolute Gasteiger partial charge is 0.497 e. The maximum Gasteiger partial charge on any atom is 0.271 e. The number of nitrogens with one attached hydrogen (secondary N) is 1. The van der Waals surface area contributed by atoms with Crippen molar-refractivity contribution in [1.82, 2.24) is 10.2 Å². The predicted octanol–water partition coefficient (Wildman–Crippen LogP) is 4.52. The summed E-state index contributed by atoms with van der Waals surface area (Å²) in [6, 6.07) is 18.6. The summed E-state index contributed by atoms with van der Waals surface area (Å²) in [5.41, 5.74) is 0.283. The van der Waals surface area contributed by atoms with Crippen molar-refractivity contribution in [3.05, 3.63) is 94.5 Å². The minimum atomic E-state index is -4.34. The van der Waals surface area contributed by atoms with E-state index in [1.165, 1.54) is 42.3 Å². The third-order valence-corrected chi connectivity index (χ3v) is 8.60. The van der Waals surface area contributed by atoms with E-state index in [1.54, 1.807) is 49.4 Å². The molecule has 0 fully saturated rings. The summed E-state index contributed by atoms with van der Waals surface area (Å²) in [6.07, 6.45) is 0.947. The Morgan fingerprint density at radius 1 is 0.976 bits per heavy atom. The number of carbonyl (C=O) groups is 2. The first-order chi connectivity index (χ1) is 20.0. The molecule has 3 aromatic rings. The standard InChI is InChI=1S/C30H36N4O7S/c1-5-22(3)31-30(36)28(6-2)32(20-23-12-10-15-26(18-23)41-4)29(35)21-33(24-13-11-14-25(19-24)34(37)38)42(39,40)27-16-8-7-9-17-27/h7-19,22,28H,5-6,20-21H2,1-4H3,(H,31,36)/t22-,28+/m0/s1. The van der Waals surface area contributed by atoms with Gasteiger partial charge >= 0.3 is 0 Å². The Morgan fingerprint density at radius 2 is 1.67 bits per heavy atom. The van der Waals surface area contributed by atoms with E-state index in [1.807, 2.05) is 13.8 Å². The Morgan fingerprint density at radius 3 is 2.29 bits per heavy atom. The molecule has 3 aromatic carbocycles. The smallest absolute Gasteiger partial charge is 0.271 e. The highest BCUT2D eigenvalue weighted by atomic mass is 32.2. The maximum atomic E-state index is 14.1. The number of nitro benzene ring substituents is 1. The number of ether oxygens (including phenoxy) is 1. The number of nitrogens with zero attached hydrogens (tertiary/aromatic N) is 3. The molecule has 0 radical (unpaired) electrons. The maximum absolute atomic E-state index is 14.1. The second-order valence-electron chi connectivity index (χ2n) is 9.72. The second-order valence-corrected chi connectivity index (χ2v) is 11.6. The quantitative estimate of drug-likeness (QED) is 0.213. The van der Waals surface area contributed by atoms with Crippen LogP contribution in [0.5, 0.6) is 5.75 Å². The number of non-ortho nitro benzene ring substituents is 1. The van der Waals surface area contributed by atoms with Crippen molar-refractivity contribution in [2.75, 3.05) is 18.0 Å². The van der Waals surface area contributed by atoms with E-state index in [4.69, 9.17) is 4.74 Å². The van der Waals surface area contributed by atoms with E-state index in [2.05, 4.69) is 5.32 Å². The Hall–Kier alpha value is -4.45. The Labute approximate surface area is 246 Å². The van der Waals surface area contributed by atoms with E-state index < -0.39 is 33.4 Å². The highest BCUT2D eigenvalue weighted by Gasteiger charge is 2.34. The van der Waals surface area contributed by atoms with Crippen LogP contribution in [0.15, 0.2) is 83.8 Å². The van der Waals surface area contributed by atoms with Crippen LogP contribution < -0.4 is 14.4 Å². The number of anilines is 1. The normalized spacial score (nSPS) is 12.6. The first kappa shape index (κ1) is 32.1. The van der Waals surface area contributed by atoms with Crippen molar-refractivity contribution in [1.29, 1.82) is 0 Å². The molecule has 0 saturated carbocycles. The summed E-state index contributed by atoms with van der Waals surface area (Å²) in [6.45, 7) is 4.85. The number of benzene rings is 3. The second kappa shape index (κ2) is 14.4. The van der Waals surface area contributed by atoms with Gasteiger partial charge in [0.05, 0.1) is 22.6 Å². The Kier molecular flexibility index (Phi) is 11.0. The van der Waals surface area contributed by atoms with Crippen LogP contribution in [-0.2, 0) is 26.2 Å². The van der Waals surface area contributed by atoms with Gasteiger partial charge in [0.2, 0.25) is 11.8 Å². The van der Waals surface area contributed by atoms with Crippen molar-refractivity contribution in [2.24, 2.45) is 0 Å². The van der Waals surface area contributed by atoms with Gasteiger partial charge in [0.25, 0.3) is 15.7 Å². The molecule has 0 spiro atoms. The predicted molar refractivity (Wildman–Crippen MR) is 160 cm³/mol. The van der Waals surface area contributed by atoms with Crippen molar-refractivity contribution in [2.45, 2.75) is 57.1 Å². The lowest BCUT2D eigenvalue weighted by atomic mass is 10.1. The zero-order valence-electron chi connectivity index (χ0n) is 24.1. The molecule has 0 aromatic heterocycles. The minimum Gasteiger partial charge on any atom is -0.497 e. The summed E-state index contributed by atoms with van der Waals surface area (Å²) < 4.78 is 33.9. The third kappa shape index (κ3) is 7.84. The minimum absolute atomic E-state index is 0.00335. The SMILES string of the molecule is CC[C@H](C(=O)N[C@@H](C)CC)N(Cc1cccc(OC)c1)C(=O)CN(c1cccc([N+](=O)[O-])c1)S(=O)(=O)c1ccccc1. The van der Waals surface area contributed by atoms with E-state index in [-0.39, 0.29) is 41.2 Å². The number of methoxy groups -OCH3 is 1. The summed E-state index contributed by atoms with van der Waals surface area (Å²) in [4.78, 5) is 39.6. The first-order valence-corrected chi connectivity index (χ1v) is 15.0. The molecule has 11 nitrogen and oxygen atoms in total. The average Bonchev–Trinajstić information content (AvgIpc) is 2.99. The molecule has 0 bridgehead atoms. The van der Waals surface area contributed by atoms with Crippen LogP contribution in [0.2, 0.25) is 0 Å². The van der Waals surface area contributed by atoms with Gasteiger partial charge in [-0.15, -0.1) is 0 Å². The number of carbonyl (C=O) groups excluding carboxylic acids is 2. The van der Waals surface area contributed by atoms with E-state index in [0.717, 1.165) is 10.4 Å². The lowest BCUT2D eigenvalue weighted by molar-refractivity contribution is -0.384. The molecule has 0 aliphatic rings. The molecular weight excluding hydrogens is 560 g/mol. The van der Waals surface area contributed by atoms with Crippen LogP contribution in [-0.4, -0.2) is 55.8 Å². The van der Waals surface area contributed by atoms with Gasteiger partial charge in [-0.05, 0) is 55.7 Å². The van der Waals surface area contributed by atoms with Crippen molar-refractivity contribution < 1.29 is 27.7 Å². The zero-order valence-corrected chi connectivity index (χ0v) is 24.9. The third-order valence-electron chi connectivity index (χ3n) is 6.81. The van der Waals surface area contributed by atoms with Gasteiger partial charge in [-0.2, -0.15) is 0 Å². The monoisotopic (exact) mass is 596 g/mol. The number of hydrogen-bond acceptors (Lipinski definition) is 7. The molecule has 0 saturated heterocycles. The fourth-order valence-corrected chi connectivity index (χ4v) is 5.77. The van der Waals surface area contributed by atoms with Crippen molar-refractivity contribution in [3.8, 4) is 5.75 Å². The highest BCUT2D eigenvalue weighted by molar-refractivity contribution is 7.92. The number of hydrogen-bond donors (Lipinski definition) is 1. The fraction of sp³-hybridized carbons (Fsp3) is 0.333. The Bertz CT molecular complexity index is 1500. The molecule has 3 rings (SSSR count). The molecule has 0 unspecified atom stereocenters. The lowest BCUT2D eigenvalue weighted by Gasteiger charge is -2.33. The Balaban J connectivity index is 2.10. The molecular formula is C30H36N4O7S. The fourth-order valence-electron chi connectivity index (χ4n) is 4.34. The van der Waals surface area contributed by atoms with Gasteiger partial charge in [-0.3, -0.25) is 24.0 Å². The summed E-state index contributed by atoms with van der Waals surface area (Å²) in [5, 5.41) is 14.4. The van der Waals surface area contributed by atoms with E-state index in [0.29, 0.717) is 17.7 Å². The summed E-state index contributed by atoms with van der Waals surface area (Å²) in [5.74, 6) is -0.465. The zero-order chi connectivity index (χ0) is 30.9. The van der Waals surface area contributed by atoms with E-state index in [9.17, 15) is 28.1 Å². The van der Waals surface area contributed by atoms with Crippen molar-refractivity contribution in [3.63, 3.8) is 0 Å². The lowest BCUT2D eigenvalue weighted by Crippen LogP contribution is -2.53. The van der Waals surface area contributed by atoms with Crippen LogP contribution in [0, 0.1) is 10.1 Å². The van der Waals surface area contributed by atoms with Crippen molar-refractivity contribution >= 4 is 33.2 Å². The summed E-state index contributed by atoms with van der Waals surface area (Å²) in [7, 11) is -2.83. The average molecular weight is 597 g/mol. The molecule has 42 heavy (non-hydrogen) atoms. The number of nitro groups is 1. The molecule has 224 valence electrons. The van der Waals surface area contributed by atoms with Gasteiger partial charge in [-0.25, -0.2) is 8.42 Å². The van der Waals surface area contributed by atoms with Gasteiger partial charge in [0, 0.05) is 24.7 Å². The number of sulfonamides is 1. The van der Waals surface area contributed by atoms with Crippen LogP contribution in [0.3, 0.4) is 0 Å². The van der Waals surface area contributed by atoms with E-state index >= 15 is 0 Å². The topological polar surface area (TPSA) is 139 Å². The van der Waals surface area contributed by atoms with Gasteiger partial charge in [0.15, 0.2) is 0 Å². The molecule has 2 atom stereocenters. The van der Waals surface area contributed by atoms with Crippen LogP contribution in [0.1, 0.15) is 39.2 Å². The summed E-state index contributed by atoms with van der Waals surface area (Å²) >= 11 is 0. The van der Waals surface area contributed by atoms with Gasteiger partial charge in [-0.1, -0.05) is 50.2 Å². The van der Waals surface area contributed by atoms with Crippen LogP contribution >= 0.6 is 0 Å².